The fraction of sp³-hybridized carbons (Fsp3) is 0.933. The Morgan fingerprint density at radius 2 is 1.89 bits per heavy atom. The minimum Gasteiger partial charge on any atom is -0.465 e. The molecule has 0 aromatic rings. The summed E-state index contributed by atoms with van der Waals surface area (Å²) in [6.07, 6.45) is 7.14. The van der Waals surface area contributed by atoms with Crippen molar-refractivity contribution in [1.29, 1.82) is 0 Å². The largest absolute Gasteiger partial charge is 0.465 e. The standard InChI is InChI=1S/C15H24O4/c1-10-6-12(4-5-17-10)15(16)18-9-11-7-13-2-3-14(8-11)19-13/h10-14H,2-9H2,1H3. The molecule has 3 aliphatic rings. The van der Waals surface area contributed by atoms with Crippen LogP contribution in [0.5, 0.6) is 0 Å². The summed E-state index contributed by atoms with van der Waals surface area (Å²) in [7, 11) is 0. The van der Waals surface area contributed by atoms with E-state index in [2.05, 4.69) is 0 Å². The normalized spacial score (nSPS) is 42.1. The molecule has 2 bridgehead atoms. The van der Waals surface area contributed by atoms with E-state index in [4.69, 9.17) is 14.2 Å². The molecular weight excluding hydrogens is 244 g/mol. The minimum atomic E-state index is -0.0195. The number of rotatable bonds is 3. The second kappa shape index (κ2) is 5.80. The van der Waals surface area contributed by atoms with Crippen LogP contribution in [0.4, 0.5) is 0 Å². The molecule has 3 fully saturated rings. The number of hydrogen-bond acceptors (Lipinski definition) is 4. The molecule has 4 nitrogen and oxygen atoms in total. The van der Waals surface area contributed by atoms with Crippen molar-refractivity contribution in [2.45, 2.75) is 63.8 Å². The van der Waals surface area contributed by atoms with Crippen molar-refractivity contribution in [3.63, 3.8) is 0 Å². The van der Waals surface area contributed by atoms with E-state index >= 15 is 0 Å². The monoisotopic (exact) mass is 268 g/mol. The Morgan fingerprint density at radius 3 is 2.58 bits per heavy atom. The van der Waals surface area contributed by atoms with E-state index in [-0.39, 0.29) is 18.0 Å². The molecule has 4 unspecified atom stereocenters. The predicted molar refractivity (Wildman–Crippen MR) is 69.7 cm³/mol. The zero-order chi connectivity index (χ0) is 13.2. The summed E-state index contributed by atoms with van der Waals surface area (Å²) in [5.41, 5.74) is 0. The Hall–Kier alpha value is -0.610. The van der Waals surface area contributed by atoms with Gasteiger partial charge in [-0.15, -0.1) is 0 Å². The molecule has 4 atom stereocenters. The van der Waals surface area contributed by atoms with Gasteiger partial charge in [0.2, 0.25) is 0 Å². The van der Waals surface area contributed by atoms with E-state index in [1.54, 1.807) is 0 Å². The van der Waals surface area contributed by atoms with Gasteiger partial charge >= 0.3 is 5.97 Å². The smallest absolute Gasteiger partial charge is 0.309 e. The molecule has 0 aromatic carbocycles. The van der Waals surface area contributed by atoms with Crippen LogP contribution in [0, 0.1) is 11.8 Å². The van der Waals surface area contributed by atoms with Gasteiger partial charge in [-0.25, -0.2) is 0 Å². The van der Waals surface area contributed by atoms with E-state index in [1.807, 2.05) is 6.92 Å². The van der Waals surface area contributed by atoms with E-state index in [0.717, 1.165) is 25.7 Å². The number of esters is 1. The van der Waals surface area contributed by atoms with Gasteiger partial charge in [0.05, 0.1) is 30.8 Å². The Labute approximate surface area is 114 Å². The molecule has 0 aromatic heterocycles. The van der Waals surface area contributed by atoms with Crippen LogP contribution in [0.2, 0.25) is 0 Å². The quantitative estimate of drug-likeness (QED) is 0.737. The van der Waals surface area contributed by atoms with Gasteiger partial charge in [-0.1, -0.05) is 0 Å². The highest BCUT2D eigenvalue weighted by Gasteiger charge is 2.36. The molecule has 4 heteroatoms. The maximum absolute atomic E-state index is 12.1. The number of fused-ring (bicyclic) bond motifs is 2. The number of hydrogen-bond donors (Lipinski definition) is 0. The first-order chi connectivity index (χ1) is 9.20. The molecular formula is C15H24O4. The first-order valence-corrected chi connectivity index (χ1v) is 7.64. The molecule has 0 saturated carbocycles. The average molecular weight is 268 g/mol. The summed E-state index contributed by atoms with van der Waals surface area (Å²) in [6, 6.07) is 0. The number of ether oxygens (including phenoxy) is 3. The van der Waals surface area contributed by atoms with Crippen molar-refractivity contribution in [3.8, 4) is 0 Å². The topological polar surface area (TPSA) is 44.8 Å². The van der Waals surface area contributed by atoms with Gasteiger partial charge in [-0.05, 0) is 51.4 Å². The lowest BCUT2D eigenvalue weighted by molar-refractivity contribution is -0.156. The zero-order valence-corrected chi connectivity index (χ0v) is 11.7. The maximum atomic E-state index is 12.1. The second-order valence-corrected chi connectivity index (χ2v) is 6.33. The highest BCUT2D eigenvalue weighted by molar-refractivity contribution is 5.72. The third kappa shape index (κ3) is 3.29. The molecule has 0 N–H and O–H groups in total. The molecule has 0 radical (unpaired) electrons. The van der Waals surface area contributed by atoms with Gasteiger partial charge in [-0.2, -0.15) is 0 Å². The number of carbonyl (C=O) groups is 1. The molecule has 3 heterocycles. The van der Waals surface area contributed by atoms with Crippen LogP contribution in [0.15, 0.2) is 0 Å². The van der Waals surface area contributed by atoms with Gasteiger partial charge in [0.1, 0.15) is 0 Å². The third-order valence-corrected chi connectivity index (χ3v) is 4.67. The van der Waals surface area contributed by atoms with Gasteiger partial charge < -0.3 is 14.2 Å². The fourth-order valence-electron chi connectivity index (χ4n) is 3.63. The van der Waals surface area contributed by atoms with E-state index in [1.165, 1.54) is 12.8 Å². The molecule has 19 heavy (non-hydrogen) atoms. The lowest BCUT2D eigenvalue weighted by atomic mass is 9.95. The lowest BCUT2D eigenvalue weighted by Gasteiger charge is -2.29. The van der Waals surface area contributed by atoms with Crippen molar-refractivity contribution in [1.82, 2.24) is 0 Å². The van der Waals surface area contributed by atoms with Crippen molar-refractivity contribution >= 4 is 5.97 Å². The summed E-state index contributed by atoms with van der Waals surface area (Å²) in [6.45, 7) is 3.29. The van der Waals surface area contributed by atoms with Crippen molar-refractivity contribution < 1.29 is 19.0 Å². The van der Waals surface area contributed by atoms with Crippen molar-refractivity contribution in [2.75, 3.05) is 13.2 Å². The van der Waals surface area contributed by atoms with E-state index < -0.39 is 0 Å². The van der Waals surface area contributed by atoms with Gasteiger partial charge in [0, 0.05) is 6.61 Å². The fourth-order valence-corrected chi connectivity index (χ4v) is 3.63. The van der Waals surface area contributed by atoms with Crippen LogP contribution in [0.1, 0.15) is 45.4 Å². The number of carbonyl (C=O) groups excluding carboxylic acids is 1. The lowest BCUT2D eigenvalue weighted by Crippen LogP contribution is -2.32. The molecule has 3 rings (SSSR count). The zero-order valence-electron chi connectivity index (χ0n) is 11.7. The Balaban J connectivity index is 1.43. The van der Waals surface area contributed by atoms with Crippen LogP contribution in [-0.2, 0) is 19.0 Å². The molecule has 3 aliphatic heterocycles. The maximum Gasteiger partial charge on any atom is 0.309 e. The first-order valence-electron chi connectivity index (χ1n) is 7.64. The van der Waals surface area contributed by atoms with Crippen molar-refractivity contribution in [3.05, 3.63) is 0 Å². The summed E-state index contributed by atoms with van der Waals surface area (Å²) >= 11 is 0. The van der Waals surface area contributed by atoms with Crippen LogP contribution in [0.25, 0.3) is 0 Å². The van der Waals surface area contributed by atoms with Crippen LogP contribution in [-0.4, -0.2) is 37.5 Å². The molecule has 0 amide bonds. The summed E-state index contributed by atoms with van der Waals surface area (Å²) in [4.78, 5) is 12.1. The highest BCUT2D eigenvalue weighted by atomic mass is 16.5. The summed E-state index contributed by atoms with van der Waals surface area (Å²) < 4.78 is 16.8. The van der Waals surface area contributed by atoms with Gasteiger partial charge in [-0.3, -0.25) is 4.79 Å². The second-order valence-electron chi connectivity index (χ2n) is 6.33. The highest BCUT2D eigenvalue weighted by Crippen LogP contribution is 2.36. The third-order valence-electron chi connectivity index (χ3n) is 4.67. The van der Waals surface area contributed by atoms with Gasteiger partial charge in [0.25, 0.3) is 0 Å². The van der Waals surface area contributed by atoms with Crippen molar-refractivity contribution in [2.24, 2.45) is 11.8 Å². The average Bonchev–Trinajstić information content (AvgIpc) is 2.75. The molecule has 0 spiro atoms. The molecule has 3 saturated heterocycles. The molecule has 0 aliphatic carbocycles. The molecule has 108 valence electrons. The van der Waals surface area contributed by atoms with Crippen LogP contribution >= 0.6 is 0 Å². The SMILES string of the molecule is CC1CC(C(=O)OCC2CC3CCC(C2)O3)CCO1. The van der Waals surface area contributed by atoms with E-state index in [0.29, 0.717) is 31.3 Å². The van der Waals surface area contributed by atoms with Crippen LogP contribution in [0.3, 0.4) is 0 Å². The first kappa shape index (κ1) is 13.4. The Kier molecular flexibility index (Phi) is 4.08. The minimum absolute atomic E-state index is 0.0195. The summed E-state index contributed by atoms with van der Waals surface area (Å²) in [5.74, 6) is 0.529. The van der Waals surface area contributed by atoms with E-state index in [9.17, 15) is 4.79 Å². The Bertz CT molecular complexity index is 318. The van der Waals surface area contributed by atoms with Gasteiger partial charge in [0.15, 0.2) is 0 Å². The Morgan fingerprint density at radius 1 is 1.16 bits per heavy atom. The van der Waals surface area contributed by atoms with Crippen LogP contribution < -0.4 is 0 Å². The predicted octanol–water partition coefficient (Wildman–Crippen LogP) is 2.30. The summed E-state index contributed by atoms with van der Waals surface area (Å²) in [5, 5.41) is 0.